The minimum absolute atomic E-state index is 0.0749. The van der Waals surface area contributed by atoms with Crippen LogP contribution in [0.2, 0.25) is 0 Å². The van der Waals surface area contributed by atoms with E-state index in [4.69, 9.17) is 5.26 Å². The molecule has 0 aliphatic heterocycles. The van der Waals surface area contributed by atoms with E-state index in [1.54, 1.807) is 7.05 Å². The number of hydrogen-bond donors (Lipinski definition) is 0. The van der Waals surface area contributed by atoms with E-state index in [9.17, 15) is 4.91 Å². The number of imidazole rings is 1. The van der Waals surface area contributed by atoms with Gasteiger partial charge >= 0.3 is 0 Å². The first-order valence-electron chi connectivity index (χ1n) is 3.09. The van der Waals surface area contributed by atoms with Crippen LogP contribution in [0, 0.1) is 16.2 Å². The highest BCUT2D eigenvalue weighted by Crippen LogP contribution is 2.20. The van der Waals surface area contributed by atoms with Crippen LogP contribution in [0.1, 0.15) is 11.5 Å². The van der Waals surface area contributed by atoms with Gasteiger partial charge in [-0.3, -0.25) is 0 Å². The molecule has 0 saturated carbocycles. The average molecular weight is 229 g/mol. The van der Waals surface area contributed by atoms with E-state index in [-0.39, 0.29) is 11.6 Å². The predicted octanol–water partition coefficient (Wildman–Crippen LogP) is 1.58. The molecule has 0 saturated heterocycles. The molecule has 0 aromatic carbocycles. The number of aromatic nitrogens is 2. The average Bonchev–Trinajstić information content (AvgIpc) is 2.41. The fraction of sp³-hybridized carbons (Fsp3) is 0.333. The van der Waals surface area contributed by atoms with E-state index in [2.05, 4.69) is 26.1 Å². The van der Waals surface area contributed by atoms with Gasteiger partial charge in [0.25, 0.3) is 0 Å². The summed E-state index contributed by atoms with van der Waals surface area (Å²) in [5.74, 6) is 0.268. The first-order valence-corrected chi connectivity index (χ1v) is 4.21. The van der Waals surface area contributed by atoms with Crippen LogP contribution in [-0.4, -0.2) is 9.55 Å². The number of nitroso groups, excluding NO2 is 1. The normalized spacial score (nSPS) is 9.42. The van der Waals surface area contributed by atoms with Crippen molar-refractivity contribution in [1.82, 2.24) is 9.55 Å². The van der Waals surface area contributed by atoms with E-state index < -0.39 is 0 Å². The molecule has 0 aliphatic rings. The number of nitrogens with zero attached hydrogens (tertiary/aromatic N) is 4. The quantitative estimate of drug-likeness (QED) is 0.570. The zero-order chi connectivity index (χ0) is 9.14. The molecule has 0 unspecified atom stereocenters. The van der Waals surface area contributed by atoms with Crippen LogP contribution in [0.3, 0.4) is 0 Å². The van der Waals surface area contributed by atoms with Gasteiger partial charge in [-0.2, -0.15) is 10.2 Å². The second-order valence-electron chi connectivity index (χ2n) is 2.10. The zero-order valence-corrected chi connectivity index (χ0v) is 7.87. The van der Waals surface area contributed by atoms with Gasteiger partial charge in [0.05, 0.1) is 5.69 Å². The SMILES string of the molecule is Cn1c(C#N)nc(N=O)c1CBr. The lowest BCUT2D eigenvalue weighted by molar-refractivity contribution is 0.850. The zero-order valence-electron chi connectivity index (χ0n) is 6.28. The second kappa shape index (κ2) is 3.45. The predicted molar refractivity (Wildman–Crippen MR) is 46.0 cm³/mol. The van der Waals surface area contributed by atoms with E-state index in [0.717, 1.165) is 0 Å². The molecule has 0 bridgehead atoms. The van der Waals surface area contributed by atoms with Crippen LogP contribution in [0.15, 0.2) is 5.18 Å². The number of nitriles is 1. The first-order chi connectivity index (χ1) is 5.74. The molecule has 1 aromatic rings. The lowest BCUT2D eigenvalue weighted by Gasteiger charge is -1.95. The van der Waals surface area contributed by atoms with Gasteiger partial charge in [-0.15, -0.1) is 4.91 Å². The summed E-state index contributed by atoms with van der Waals surface area (Å²) in [7, 11) is 1.66. The first kappa shape index (κ1) is 8.87. The van der Waals surface area contributed by atoms with Crippen molar-refractivity contribution >= 4 is 21.7 Å². The molecule has 0 radical (unpaired) electrons. The molecule has 0 spiro atoms. The maximum absolute atomic E-state index is 10.2. The van der Waals surface area contributed by atoms with E-state index in [1.165, 1.54) is 4.57 Å². The number of alkyl halides is 1. The lowest BCUT2D eigenvalue weighted by Crippen LogP contribution is -1.96. The molecular formula is C6H5BrN4O. The maximum atomic E-state index is 10.2. The highest BCUT2D eigenvalue weighted by atomic mass is 79.9. The van der Waals surface area contributed by atoms with Gasteiger partial charge < -0.3 is 4.57 Å². The van der Waals surface area contributed by atoms with E-state index in [0.29, 0.717) is 11.0 Å². The molecule has 5 nitrogen and oxygen atoms in total. The third-order valence-electron chi connectivity index (χ3n) is 1.51. The van der Waals surface area contributed by atoms with Crippen molar-refractivity contribution in [2.45, 2.75) is 5.33 Å². The minimum Gasteiger partial charge on any atom is -0.320 e. The standard InChI is InChI=1S/C6H5BrN4O/c1-11-4(2-7)6(10-12)9-5(11)3-8/h2H2,1H3. The Morgan fingerprint density at radius 2 is 2.50 bits per heavy atom. The van der Waals surface area contributed by atoms with Gasteiger partial charge in [0, 0.05) is 12.4 Å². The molecule has 0 fully saturated rings. The van der Waals surface area contributed by atoms with Crippen molar-refractivity contribution in [1.29, 1.82) is 5.26 Å². The van der Waals surface area contributed by atoms with E-state index >= 15 is 0 Å². The molecule has 0 atom stereocenters. The van der Waals surface area contributed by atoms with Crippen molar-refractivity contribution in [2.75, 3.05) is 0 Å². The summed E-state index contributed by atoms with van der Waals surface area (Å²) in [4.78, 5) is 13.9. The molecule has 12 heavy (non-hydrogen) atoms. The van der Waals surface area contributed by atoms with Crippen LogP contribution in [0.5, 0.6) is 0 Å². The number of hydrogen-bond acceptors (Lipinski definition) is 4. The van der Waals surface area contributed by atoms with Gasteiger partial charge in [0.2, 0.25) is 11.6 Å². The Morgan fingerprint density at radius 3 is 2.83 bits per heavy atom. The summed E-state index contributed by atoms with van der Waals surface area (Å²) in [6.07, 6.45) is 0. The van der Waals surface area contributed by atoms with E-state index in [1.807, 2.05) is 6.07 Å². The van der Waals surface area contributed by atoms with Crippen LogP contribution in [0.4, 0.5) is 5.82 Å². The Kier molecular flexibility index (Phi) is 2.55. The molecule has 1 rings (SSSR count). The molecule has 0 amide bonds. The molecule has 0 aliphatic carbocycles. The van der Waals surface area contributed by atoms with Crippen molar-refractivity contribution in [3.63, 3.8) is 0 Å². The summed E-state index contributed by atoms with van der Waals surface area (Å²) >= 11 is 3.17. The van der Waals surface area contributed by atoms with Gasteiger partial charge in [0.15, 0.2) is 0 Å². The fourth-order valence-electron chi connectivity index (χ4n) is 0.840. The van der Waals surface area contributed by atoms with Crippen LogP contribution in [-0.2, 0) is 12.4 Å². The Hall–Kier alpha value is -1.22. The van der Waals surface area contributed by atoms with Crippen LogP contribution < -0.4 is 0 Å². The van der Waals surface area contributed by atoms with Crippen molar-refractivity contribution in [2.24, 2.45) is 12.2 Å². The fourth-order valence-corrected chi connectivity index (χ4v) is 1.47. The largest absolute Gasteiger partial charge is 0.320 e. The third kappa shape index (κ3) is 1.23. The highest BCUT2D eigenvalue weighted by molar-refractivity contribution is 9.08. The number of halogens is 1. The Bertz CT molecular complexity index is 351. The maximum Gasteiger partial charge on any atom is 0.219 e. The van der Waals surface area contributed by atoms with Crippen molar-refractivity contribution in [3.05, 3.63) is 16.4 Å². The van der Waals surface area contributed by atoms with Crippen molar-refractivity contribution < 1.29 is 0 Å². The van der Waals surface area contributed by atoms with Gasteiger partial charge in [0.1, 0.15) is 6.07 Å². The summed E-state index contributed by atoms with van der Waals surface area (Å²) in [5, 5.41) is 11.7. The van der Waals surface area contributed by atoms with Crippen LogP contribution in [0.25, 0.3) is 0 Å². The second-order valence-corrected chi connectivity index (χ2v) is 2.66. The molecule has 0 N–H and O–H groups in total. The number of rotatable bonds is 2. The monoisotopic (exact) mass is 228 g/mol. The molecule has 1 heterocycles. The topological polar surface area (TPSA) is 71.0 Å². The Morgan fingerprint density at radius 1 is 1.83 bits per heavy atom. The molecule has 62 valence electrons. The lowest BCUT2D eigenvalue weighted by atomic mass is 10.5. The van der Waals surface area contributed by atoms with Gasteiger partial charge in [-0.1, -0.05) is 15.9 Å². The van der Waals surface area contributed by atoms with Crippen LogP contribution >= 0.6 is 15.9 Å². The molecule has 6 heteroatoms. The Balaban J connectivity index is 3.34. The smallest absolute Gasteiger partial charge is 0.219 e. The molecule has 1 aromatic heterocycles. The highest BCUT2D eigenvalue weighted by Gasteiger charge is 2.13. The summed E-state index contributed by atoms with van der Waals surface area (Å²) in [5.41, 5.74) is 0.613. The Labute approximate surface area is 77.1 Å². The van der Waals surface area contributed by atoms with Gasteiger partial charge in [-0.25, -0.2) is 0 Å². The molecular weight excluding hydrogens is 224 g/mol. The minimum atomic E-state index is 0.0749. The summed E-state index contributed by atoms with van der Waals surface area (Å²) in [6.45, 7) is 0. The summed E-state index contributed by atoms with van der Waals surface area (Å²) < 4.78 is 1.53. The third-order valence-corrected chi connectivity index (χ3v) is 2.04. The summed E-state index contributed by atoms with van der Waals surface area (Å²) in [6, 6.07) is 1.86. The van der Waals surface area contributed by atoms with Gasteiger partial charge in [-0.05, 0) is 5.18 Å². The van der Waals surface area contributed by atoms with Crippen molar-refractivity contribution in [3.8, 4) is 6.07 Å².